The summed E-state index contributed by atoms with van der Waals surface area (Å²) in [7, 11) is 1.73. The third-order valence-corrected chi connectivity index (χ3v) is 3.85. The third-order valence-electron chi connectivity index (χ3n) is 3.62. The van der Waals surface area contributed by atoms with E-state index >= 15 is 0 Å². The molecule has 0 bridgehead atoms. The van der Waals surface area contributed by atoms with E-state index in [0.29, 0.717) is 12.6 Å². The van der Waals surface area contributed by atoms with E-state index in [0.717, 1.165) is 18.0 Å². The molecule has 21 heavy (non-hydrogen) atoms. The molecule has 0 saturated carbocycles. The van der Waals surface area contributed by atoms with E-state index in [-0.39, 0.29) is 0 Å². The summed E-state index contributed by atoms with van der Waals surface area (Å²) in [6.07, 6.45) is 1.02. The van der Waals surface area contributed by atoms with Gasteiger partial charge < -0.3 is 10.1 Å². The molecule has 112 valence electrons. The zero-order valence-corrected chi connectivity index (χ0v) is 13.4. The van der Waals surface area contributed by atoms with Gasteiger partial charge in [0, 0.05) is 24.7 Å². The van der Waals surface area contributed by atoms with Gasteiger partial charge in [0.15, 0.2) is 0 Å². The molecule has 2 aromatic carbocycles. The second-order valence-corrected chi connectivity index (χ2v) is 5.53. The standard InChI is InChI=1S/C18H22ClNO/c1-3-18(14-9-6-10-17(19)11-14)20-12-15-7-4-5-8-16(15)13-21-2/h4-11,18,20H,3,12-13H2,1-2H3. The van der Waals surface area contributed by atoms with Gasteiger partial charge in [-0.1, -0.05) is 54.9 Å². The molecule has 0 heterocycles. The minimum Gasteiger partial charge on any atom is -0.380 e. The molecule has 0 aromatic heterocycles. The minimum absolute atomic E-state index is 0.305. The number of ether oxygens (including phenoxy) is 1. The van der Waals surface area contributed by atoms with Gasteiger partial charge in [0.1, 0.15) is 0 Å². The number of halogens is 1. The summed E-state index contributed by atoms with van der Waals surface area (Å²) in [5.74, 6) is 0. The van der Waals surface area contributed by atoms with Crippen molar-refractivity contribution in [2.75, 3.05) is 7.11 Å². The molecule has 2 rings (SSSR count). The largest absolute Gasteiger partial charge is 0.380 e. The summed E-state index contributed by atoms with van der Waals surface area (Å²) < 4.78 is 5.26. The Kier molecular flexibility index (Phi) is 6.24. The Labute approximate surface area is 132 Å². The Hall–Kier alpha value is -1.35. The van der Waals surface area contributed by atoms with Crippen LogP contribution in [0.25, 0.3) is 0 Å². The molecule has 0 aliphatic heterocycles. The van der Waals surface area contributed by atoms with Crippen LogP contribution < -0.4 is 5.32 Å². The van der Waals surface area contributed by atoms with Crippen molar-refractivity contribution in [3.8, 4) is 0 Å². The second kappa shape index (κ2) is 8.18. The first kappa shape index (κ1) is 16.0. The van der Waals surface area contributed by atoms with Crippen molar-refractivity contribution in [3.05, 3.63) is 70.2 Å². The highest BCUT2D eigenvalue weighted by molar-refractivity contribution is 6.30. The van der Waals surface area contributed by atoms with E-state index in [9.17, 15) is 0 Å². The van der Waals surface area contributed by atoms with Gasteiger partial charge >= 0.3 is 0 Å². The molecule has 0 saturated heterocycles. The quantitative estimate of drug-likeness (QED) is 0.798. The first-order valence-electron chi connectivity index (χ1n) is 7.29. The predicted octanol–water partition coefficient (Wildman–Crippen LogP) is 4.73. The summed E-state index contributed by atoms with van der Waals surface area (Å²) in [5.41, 5.74) is 3.74. The molecular formula is C18H22ClNO. The number of rotatable bonds is 7. The van der Waals surface area contributed by atoms with Crippen LogP contribution in [0.2, 0.25) is 5.02 Å². The molecule has 1 atom stereocenters. The van der Waals surface area contributed by atoms with Crippen LogP contribution in [0.4, 0.5) is 0 Å². The van der Waals surface area contributed by atoms with Gasteiger partial charge in [0.2, 0.25) is 0 Å². The molecule has 1 unspecified atom stereocenters. The highest BCUT2D eigenvalue weighted by Gasteiger charge is 2.10. The molecule has 0 radical (unpaired) electrons. The zero-order valence-electron chi connectivity index (χ0n) is 12.6. The molecule has 0 fully saturated rings. The van der Waals surface area contributed by atoms with Crippen LogP contribution in [0.3, 0.4) is 0 Å². The van der Waals surface area contributed by atoms with Crippen LogP contribution in [0.5, 0.6) is 0 Å². The Bertz CT molecular complexity index is 571. The lowest BCUT2D eigenvalue weighted by molar-refractivity contribution is 0.184. The highest BCUT2D eigenvalue weighted by atomic mass is 35.5. The first-order chi connectivity index (χ1) is 10.2. The molecule has 0 aliphatic rings. The van der Waals surface area contributed by atoms with Gasteiger partial charge in [-0.05, 0) is 35.2 Å². The van der Waals surface area contributed by atoms with Gasteiger partial charge in [-0.25, -0.2) is 0 Å². The van der Waals surface area contributed by atoms with E-state index in [1.807, 2.05) is 24.3 Å². The zero-order chi connectivity index (χ0) is 15.1. The molecule has 2 aromatic rings. The van der Waals surface area contributed by atoms with Crippen molar-refractivity contribution in [1.82, 2.24) is 5.32 Å². The molecule has 3 heteroatoms. The summed E-state index contributed by atoms with van der Waals surface area (Å²) in [6.45, 7) is 3.65. The SMILES string of the molecule is CCC(NCc1ccccc1COC)c1cccc(Cl)c1. The van der Waals surface area contributed by atoms with E-state index in [4.69, 9.17) is 16.3 Å². The molecular weight excluding hydrogens is 282 g/mol. The number of benzene rings is 2. The maximum Gasteiger partial charge on any atom is 0.0716 e. The van der Waals surface area contributed by atoms with E-state index < -0.39 is 0 Å². The predicted molar refractivity (Wildman–Crippen MR) is 88.5 cm³/mol. The van der Waals surface area contributed by atoms with Crippen LogP contribution in [0.1, 0.15) is 36.1 Å². The number of methoxy groups -OCH3 is 1. The maximum absolute atomic E-state index is 6.09. The van der Waals surface area contributed by atoms with Crippen LogP contribution in [-0.4, -0.2) is 7.11 Å². The average Bonchev–Trinajstić information content (AvgIpc) is 2.50. The summed E-state index contributed by atoms with van der Waals surface area (Å²) in [5, 5.41) is 4.40. The van der Waals surface area contributed by atoms with Crippen molar-refractivity contribution in [2.45, 2.75) is 32.5 Å². The van der Waals surface area contributed by atoms with Crippen molar-refractivity contribution >= 4 is 11.6 Å². The van der Waals surface area contributed by atoms with Gasteiger partial charge in [-0.15, -0.1) is 0 Å². The summed E-state index contributed by atoms with van der Waals surface area (Å²) in [4.78, 5) is 0. The third kappa shape index (κ3) is 4.57. The highest BCUT2D eigenvalue weighted by Crippen LogP contribution is 2.21. The molecule has 1 N–H and O–H groups in total. The molecule has 0 aliphatic carbocycles. The Balaban J connectivity index is 2.07. The van der Waals surface area contributed by atoms with Crippen LogP contribution in [-0.2, 0) is 17.9 Å². The van der Waals surface area contributed by atoms with Crippen molar-refractivity contribution < 1.29 is 4.74 Å². The molecule has 2 nitrogen and oxygen atoms in total. The van der Waals surface area contributed by atoms with Gasteiger partial charge in [-0.3, -0.25) is 0 Å². The van der Waals surface area contributed by atoms with Crippen molar-refractivity contribution in [1.29, 1.82) is 0 Å². The first-order valence-corrected chi connectivity index (χ1v) is 7.67. The van der Waals surface area contributed by atoms with Crippen molar-refractivity contribution in [3.63, 3.8) is 0 Å². The monoisotopic (exact) mass is 303 g/mol. The fourth-order valence-corrected chi connectivity index (χ4v) is 2.68. The van der Waals surface area contributed by atoms with Gasteiger partial charge in [0.05, 0.1) is 6.61 Å². The minimum atomic E-state index is 0.305. The maximum atomic E-state index is 6.09. The van der Waals surface area contributed by atoms with Crippen LogP contribution in [0, 0.1) is 0 Å². The lowest BCUT2D eigenvalue weighted by atomic mass is 10.0. The lowest BCUT2D eigenvalue weighted by Gasteiger charge is -2.19. The van der Waals surface area contributed by atoms with Crippen LogP contribution in [0.15, 0.2) is 48.5 Å². The normalized spacial score (nSPS) is 12.3. The van der Waals surface area contributed by atoms with E-state index in [1.54, 1.807) is 7.11 Å². The van der Waals surface area contributed by atoms with Gasteiger partial charge in [-0.2, -0.15) is 0 Å². The molecule has 0 amide bonds. The topological polar surface area (TPSA) is 21.3 Å². The average molecular weight is 304 g/mol. The summed E-state index contributed by atoms with van der Waals surface area (Å²) in [6, 6.07) is 16.7. The Morgan fingerprint density at radius 1 is 1.10 bits per heavy atom. The van der Waals surface area contributed by atoms with E-state index in [2.05, 4.69) is 36.5 Å². The lowest BCUT2D eigenvalue weighted by Crippen LogP contribution is -2.21. The number of hydrogen-bond acceptors (Lipinski definition) is 2. The van der Waals surface area contributed by atoms with E-state index in [1.165, 1.54) is 16.7 Å². The number of nitrogens with one attached hydrogen (secondary N) is 1. The Morgan fingerprint density at radius 2 is 1.86 bits per heavy atom. The number of hydrogen-bond donors (Lipinski definition) is 1. The van der Waals surface area contributed by atoms with Gasteiger partial charge in [0.25, 0.3) is 0 Å². The molecule has 0 spiro atoms. The van der Waals surface area contributed by atoms with Crippen LogP contribution >= 0.6 is 11.6 Å². The van der Waals surface area contributed by atoms with Crippen molar-refractivity contribution in [2.24, 2.45) is 0 Å². The summed E-state index contributed by atoms with van der Waals surface area (Å²) >= 11 is 6.09. The fourth-order valence-electron chi connectivity index (χ4n) is 2.48. The smallest absolute Gasteiger partial charge is 0.0716 e. The Morgan fingerprint density at radius 3 is 2.52 bits per heavy atom. The fraction of sp³-hybridized carbons (Fsp3) is 0.333. The second-order valence-electron chi connectivity index (χ2n) is 5.10.